The average Bonchev–Trinajstić information content (AvgIpc) is 2.99. The van der Waals surface area contributed by atoms with Crippen LogP contribution in [0.1, 0.15) is 65.8 Å². The summed E-state index contributed by atoms with van der Waals surface area (Å²) in [5.74, 6) is 0.593. The number of nitrogens with zero attached hydrogens (tertiary/aromatic N) is 1. The van der Waals surface area contributed by atoms with Crippen LogP contribution in [-0.2, 0) is 19.3 Å². The summed E-state index contributed by atoms with van der Waals surface area (Å²) in [4.78, 5) is 8.14. The Kier molecular flexibility index (Phi) is 4.83. The third-order valence-electron chi connectivity index (χ3n) is 6.07. The predicted molar refractivity (Wildman–Crippen MR) is 115 cm³/mol. The molecule has 1 nitrogen and oxygen atoms in total. The van der Waals surface area contributed by atoms with Gasteiger partial charge in [0.05, 0.1) is 0 Å². The molecule has 0 fully saturated rings. The number of aryl methyl sites for hydroxylation is 3. The summed E-state index contributed by atoms with van der Waals surface area (Å²) in [5.41, 5.74) is 8.83. The molecule has 26 heavy (non-hydrogen) atoms. The maximum atomic E-state index is 5.23. The number of halogens is 1. The minimum atomic E-state index is 0. The zero-order valence-corrected chi connectivity index (χ0v) is 17.2. The zero-order chi connectivity index (χ0) is 17.0. The molecule has 0 amide bonds. The number of aromatic nitrogens is 1. The fourth-order valence-electron chi connectivity index (χ4n) is 4.85. The van der Waals surface area contributed by atoms with Crippen LogP contribution in [0.3, 0.4) is 0 Å². The van der Waals surface area contributed by atoms with Gasteiger partial charge in [-0.2, -0.15) is 0 Å². The number of rotatable bonds is 1. The number of hydrogen-bond acceptors (Lipinski definition) is 2. The molecule has 5 rings (SSSR count). The van der Waals surface area contributed by atoms with E-state index in [9.17, 15) is 0 Å². The van der Waals surface area contributed by atoms with Crippen molar-refractivity contribution in [3.63, 3.8) is 0 Å². The Balaban J connectivity index is 0.00000168. The van der Waals surface area contributed by atoms with Crippen LogP contribution in [0.4, 0.5) is 0 Å². The largest absolute Gasteiger partial charge is 0.241 e. The van der Waals surface area contributed by atoms with Gasteiger partial charge in [-0.1, -0.05) is 36.8 Å². The third-order valence-corrected chi connectivity index (χ3v) is 7.26. The summed E-state index contributed by atoms with van der Waals surface area (Å²) >= 11 is 1.98. The summed E-state index contributed by atoms with van der Waals surface area (Å²) in [7, 11) is 0. The molecule has 2 aromatic heterocycles. The Morgan fingerprint density at radius 3 is 2.69 bits per heavy atom. The van der Waals surface area contributed by atoms with Gasteiger partial charge in [-0.3, -0.25) is 0 Å². The van der Waals surface area contributed by atoms with Crippen molar-refractivity contribution < 1.29 is 0 Å². The SMILES string of the molecule is Cc1cccc(-c2c3c(nc4sc5c(c24)CCCC5)C(C)CCC3)c1.Cl. The molecule has 0 saturated heterocycles. The highest BCUT2D eigenvalue weighted by molar-refractivity contribution is 7.19. The number of benzene rings is 1. The maximum Gasteiger partial charge on any atom is 0.124 e. The van der Waals surface area contributed by atoms with Gasteiger partial charge in [-0.05, 0) is 80.0 Å². The predicted octanol–water partition coefficient (Wildman–Crippen LogP) is 7.01. The fraction of sp³-hybridized carbons (Fsp3) is 0.435. The van der Waals surface area contributed by atoms with Crippen LogP contribution in [0.25, 0.3) is 21.3 Å². The minimum absolute atomic E-state index is 0. The van der Waals surface area contributed by atoms with E-state index < -0.39 is 0 Å². The molecule has 3 aromatic rings. The van der Waals surface area contributed by atoms with E-state index in [1.54, 1.807) is 16.0 Å². The lowest BCUT2D eigenvalue weighted by atomic mass is 9.81. The molecule has 2 aliphatic rings. The van der Waals surface area contributed by atoms with Gasteiger partial charge >= 0.3 is 0 Å². The molecule has 2 aliphatic carbocycles. The average molecular weight is 384 g/mol. The van der Waals surface area contributed by atoms with Crippen LogP contribution < -0.4 is 0 Å². The Bertz CT molecular complexity index is 972. The molecule has 0 radical (unpaired) electrons. The van der Waals surface area contributed by atoms with Crippen molar-refractivity contribution in [2.24, 2.45) is 0 Å². The summed E-state index contributed by atoms with van der Waals surface area (Å²) in [5, 5.41) is 1.50. The molecule has 1 atom stereocenters. The number of thiophene rings is 1. The Hall–Kier alpha value is -1.38. The van der Waals surface area contributed by atoms with E-state index in [0.29, 0.717) is 5.92 Å². The van der Waals surface area contributed by atoms with Crippen LogP contribution in [-0.4, -0.2) is 4.98 Å². The van der Waals surface area contributed by atoms with E-state index in [1.807, 2.05) is 11.3 Å². The van der Waals surface area contributed by atoms with Crippen molar-refractivity contribution in [2.45, 2.75) is 64.7 Å². The Labute approximate surface area is 166 Å². The normalized spacial score (nSPS) is 18.9. The van der Waals surface area contributed by atoms with Crippen LogP contribution in [0, 0.1) is 6.92 Å². The van der Waals surface area contributed by atoms with Gasteiger partial charge in [0.25, 0.3) is 0 Å². The van der Waals surface area contributed by atoms with Crippen LogP contribution in [0.2, 0.25) is 0 Å². The molecule has 0 N–H and O–H groups in total. The van der Waals surface area contributed by atoms with Crippen molar-refractivity contribution in [1.29, 1.82) is 0 Å². The van der Waals surface area contributed by atoms with Gasteiger partial charge < -0.3 is 0 Å². The lowest BCUT2D eigenvalue weighted by molar-refractivity contribution is 0.577. The summed E-state index contributed by atoms with van der Waals surface area (Å²) in [6, 6.07) is 9.11. The fourth-order valence-corrected chi connectivity index (χ4v) is 6.12. The monoisotopic (exact) mass is 383 g/mol. The first-order valence-corrected chi connectivity index (χ1v) is 10.6. The molecule has 0 saturated carbocycles. The van der Waals surface area contributed by atoms with Crippen molar-refractivity contribution in [2.75, 3.05) is 0 Å². The van der Waals surface area contributed by atoms with Gasteiger partial charge in [0.1, 0.15) is 4.83 Å². The van der Waals surface area contributed by atoms with Crippen molar-refractivity contribution in [3.05, 3.63) is 51.5 Å². The molecule has 0 aliphatic heterocycles. The topological polar surface area (TPSA) is 12.9 Å². The van der Waals surface area contributed by atoms with E-state index in [0.717, 1.165) is 0 Å². The quantitative estimate of drug-likeness (QED) is 0.440. The van der Waals surface area contributed by atoms with E-state index >= 15 is 0 Å². The third kappa shape index (κ3) is 2.78. The van der Waals surface area contributed by atoms with E-state index in [1.165, 1.54) is 77.5 Å². The number of hydrogen-bond donors (Lipinski definition) is 0. The van der Waals surface area contributed by atoms with Gasteiger partial charge in [0.15, 0.2) is 0 Å². The van der Waals surface area contributed by atoms with Crippen LogP contribution >= 0.6 is 23.7 Å². The van der Waals surface area contributed by atoms with Gasteiger partial charge in [-0.25, -0.2) is 4.98 Å². The van der Waals surface area contributed by atoms with E-state index in [4.69, 9.17) is 4.98 Å². The standard InChI is InChI=1S/C23H25NS.ClH/c1-14-7-5-9-16(13-14)20-18-11-6-8-15(2)22(18)24-23-21(20)17-10-3-4-12-19(17)25-23;/h5,7,9,13,15H,3-4,6,8,10-12H2,1-2H3;1H. The minimum Gasteiger partial charge on any atom is -0.241 e. The molecule has 136 valence electrons. The molecular formula is C23H26ClNS. The highest BCUT2D eigenvalue weighted by Crippen LogP contribution is 2.46. The number of fused-ring (bicyclic) bond motifs is 4. The first kappa shape index (κ1) is 18.0. The smallest absolute Gasteiger partial charge is 0.124 e. The van der Waals surface area contributed by atoms with Crippen molar-refractivity contribution in [3.8, 4) is 11.1 Å². The number of pyridine rings is 1. The van der Waals surface area contributed by atoms with Crippen LogP contribution in [0.5, 0.6) is 0 Å². The maximum absolute atomic E-state index is 5.23. The second-order valence-electron chi connectivity index (χ2n) is 7.90. The second kappa shape index (κ2) is 6.98. The first-order valence-electron chi connectivity index (χ1n) is 9.76. The highest BCUT2D eigenvalue weighted by atomic mass is 35.5. The molecule has 3 heteroatoms. The molecule has 2 heterocycles. The molecule has 1 unspecified atom stereocenters. The van der Waals surface area contributed by atoms with E-state index in [-0.39, 0.29) is 12.4 Å². The van der Waals surface area contributed by atoms with Gasteiger partial charge in [0.2, 0.25) is 0 Å². The first-order chi connectivity index (χ1) is 12.2. The van der Waals surface area contributed by atoms with E-state index in [2.05, 4.69) is 38.1 Å². The highest BCUT2D eigenvalue weighted by Gasteiger charge is 2.27. The van der Waals surface area contributed by atoms with Gasteiger partial charge in [-0.15, -0.1) is 23.7 Å². The van der Waals surface area contributed by atoms with Crippen molar-refractivity contribution >= 4 is 34.0 Å². The Morgan fingerprint density at radius 2 is 1.85 bits per heavy atom. The molecule has 0 spiro atoms. The zero-order valence-electron chi connectivity index (χ0n) is 15.6. The molecule has 1 aromatic carbocycles. The molecule has 0 bridgehead atoms. The summed E-state index contributed by atoms with van der Waals surface area (Å²) < 4.78 is 0. The summed E-state index contributed by atoms with van der Waals surface area (Å²) in [6.07, 6.45) is 8.94. The van der Waals surface area contributed by atoms with Gasteiger partial charge in [0, 0.05) is 16.0 Å². The van der Waals surface area contributed by atoms with Crippen molar-refractivity contribution in [1.82, 2.24) is 4.98 Å². The Morgan fingerprint density at radius 1 is 1.04 bits per heavy atom. The summed E-state index contributed by atoms with van der Waals surface area (Å²) in [6.45, 7) is 4.57. The lowest BCUT2D eigenvalue weighted by Crippen LogP contribution is -2.11. The lowest BCUT2D eigenvalue weighted by Gasteiger charge is -2.25. The second-order valence-corrected chi connectivity index (χ2v) is 8.99. The molecular weight excluding hydrogens is 358 g/mol. The van der Waals surface area contributed by atoms with Crippen LogP contribution in [0.15, 0.2) is 24.3 Å².